The van der Waals surface area contributed by atoms with E-state index in [2.05, 4.69) is 5.32 Å². The molecular formula is C29H36N2O6. The summed E-state index contributed by atoms with van der Waals surface area (Å²) in [6.45, 7) is 9.33. The molecule has 0 aliphatic carbocycles. The molecule has 198 valence electrons. The van der Waals surface area contributed by atoms with Crippen LogP contribution < -0.4 is 14.8 Å². The summed E-state index contributed by atoms with van der Waals surface area (Å²) in [6.07, 6.45) is 0.516. The normalized spacial score (nSPS) is 26.2. The molecule has 2 aliphatic rings. The Morgan fingerprint density at radius 1 is 1.11 bits per heavy atom. The summed E-state index contributed by atoms with van der Waals surface area (Å²) in [5.41, 5.74) is -0.865. The number of carbonyl (C=O) groups is 3. The minimum absolute atomic E-state index is 0.255. The van der Waals surface area contributed by atoms with Crippen LogP contribution in [0.1, 0.15) is 58.2 Å². The third kappa shape index (κ3) is 4.27. The zero-order valence-corrected chi connectivity index (χ0v) is 22.3. The first kappa shape index (κ1) is 26.7. The molecule has 5 atom stereocenters. The first-order valence-electron chi connectivity index (χ1n) is 12.7. The quantitative estimate of drug-likeness (QED) is 0.515. The van der Waals surface area contributed by atoms with Crippen molar-refractivity contribution in [1.29, 1.82) is 0 Å². The second kappa shape index (κ2) is 9.82. The molecule has 0 aromatic heterocycles. The van der Waals surface area contributed by atoms with E-state index in [0.717, 1.165) is 5.56 Å². The molecule has 2 saturated heterocycles. The Morgan fingerprint density at radius 2 is 1.78 bits per heavy atom. The van der Waals surface area contributed by atoms with E-state index in [1.54, 1.807) is 32.9 Å². The third-order valence-electron chi connectivity index (χ3n) is 7.80. The average molecular weight is 509 g/mol. The van der Waals surface area contributed by atoms with E-state index in [1.165, 1.54) is 12.0 Å². The minimum Gasteiger partial charge on any atom is -0.493 e. The number of ether oxygens (including phenoxy) is 2. The number of methoxy groups -OCH3 is 1. The summed E-state index contributed by atoms with van der Waals surface area (Å²) in [5, 5.41) is 13.9. The van der Waals surface area contributed by atoms with E-state index in [1.807, 2.05) is 50.2 Å². The van der Waals surface area contributed by atoms with Gasteiger partial charge in [0.05, 0.1) is 18.9 Å². The van der Waals surface area contributed by atoms with Crippen LogP contribution in [-0.2, 0) is 21.0 Å². The van der Waals surface area contributed by atoms with Gasteiger partial charge in [-0.05, 0) is 38.3 Å². The van der Waals surface area contributed by atoms with Crippen molar-refractivity contribution >= 4 is 17.8 Å². The lowest BCUT2D eigenvalue weighted by Gasteiger charge is -2.38. The second-order valence-electron chi connectivity index (χ2n) is 10.9. The molecule has 2 aromatic rings. The molecule has 0 bridgehead atoms. The maximum atomic E-state index is 13.9. The molecule has 0 spiro atoms. The number of nitrogens with zero attached hydrogens (tertiary/aromatic N) is 1. The number of hydrogen-bond donors (Lipinski definition) is 2. The Bertz CT molecular complexity index is 1190. The molecule has 2 aliphatic heterocycles. The van der Waals surface area contributed by atoms with E-state index < -0.39 is 46.7 Å². The van der Waals surface area contributed by atoms with E-state index >= 15 is 0 Å². The van der Waals surface area contributed by atoms with Crippen LogP contribution in [0.3, 0.4) is 0 Å². The molecule has 2 aromatic carbocycles. The van der Waals surface area contributed by atoms with E-state index in [-0.39, 0.29) is 12.5 Å². The highest BCUT2D eigenvalue weighted by atomic mass is 16.5. The van der Waals surface area contributed by atoms with Crippen LogP contribution >= 0.6 is 0 Å². The van der Waals surface area contributed by atoms with Gasteiger partial charge in [-0.3, -0.25) is 24.6 Å². The predicted molar refractivity (Wildman–Crippen MR) is 138 cm³/mol. The Kier molecular flexibility index (Phi) is 7.08. The van der Waals surface area contributed by atoms with Gasteiger partial charge in [0, 0.05) is 17.1 Å². The lowest BCUT2D eigenvalue weighted by molar-refractivity contribution is -0.156. The van der Waals surface area contributed by atoms with Crippen molar-refractivity contribution in [3.63, 3.8) is 0 Å². The van der Waals surface area contributed by atoms with Gasteiger partial charge in [0.2, 0.25) is 11.8 Å². The van der Waals surface area contributed by atoms with Crippen LogP contribution in [0.2, 0.25) is 0 Å². The number of rotatable bonds is 8. The fourth-order valence-electron chi connectivity index (χ4n) is 5.87. The van der Waals surface area contributed by atoms with Crippen LogP contribution in [0.15, 0.2) is 48.5 Å². The van der Waals surface area contributed by atoms with Crippen molar-refractivity contribution in [2.45, 2.75) is 64.8 Å². The van der Waals surface area contributed by atoms with Gasteiger partial charge in [-0.2, -0.15) is 0 Å². The smallest absolute Gasteiger partial charge is 0.325 e. The molecule has 8 nitrogen and oxygen atoms in total. The Hall–Kier alpha value is -3.39. The Balaban J connectivity index is 1.87. The van der Waals surface area contributed by atoms with Crippen molar-refractivity contribution in [3.05, 3.63) is 59.7 Å². The number of nitrogens with one attached hydrogen (secondary N) is 1. The summed E-state index contributed by atoms with van der Waals surface area (Å²) in [6, 6.07) is 14.2. The van der Waals surface area contributed by atoms with Gasteiger partial charge in [-0.15, -0.1) is 0 Å². The molecule has 37 heavy (non-hydrogen) atoms. The second-order valence-corrected chi connectivity index (χ2v) is 10.9. The van der Waals surface area contributed by atoms with Crippen molar-refractivity contribution in [2.75, 3.05) is 7.11 Å². The number of carbonyl (C=O) groups excluding carboxylic acids is 2. The largest absolute Gasteiger partial charge is 0.493 e. The summed E-state index contributed by atoms with van der Waals surface area (Å²) in [4.78, 5) is 41.9. The topological polar surface area (TPSA) is 105 Å². The molecule has 0 radical (unpaired) electrons. The average Bonchev–Trinajstić information content (AvgIpc) is 3.36. The molecule has 8 heteroatoms. The van der Waals surface area contributed by atoms with E-state index in [0.29, 0.717) is 23.5 Å². The number of carboxylic acids is 1. The zero-order valence-electron chi connectivity index (χ0n) is 22.3. The molecular weight excluding hydrogens is 472 g/mol. The monoisotopic (exact) mass is 508 g/mol. The molecule has 4 rings (SSSR count). The third-order valence-corrected chi connectivity index (χ3v) is 7.80. The fourth-order valence-corrected chi connectivity index (χ4v) is 5.87. The van der Waals surface area contributed by atoms with Crippen molar-refractivity contribution < 1.29 is 29.0 Å². The lowest BCUT2D eigenvalue weighted by atomic mass is 9.72. The van der Waals surface area contributed by atoms with Crippen LogP contribution in [0.25, 0.3) is 0 Å². The number of imide groups is 1. The maximum absolute atomic E-state index is 13.9. The molecule has 5 unspecified atom stereocenters. The lowest BCUT2D eigenvalue weighted by Crippen LogP contribution is -2.60. The molecule has 2 amide bonds. The Morgan fingerprint density at radius 3 is 2.35 bits per heavy atom. The van der Waals surface area contributed by atoms with Gasteiger partial charge in [-0.1, -0.05) is 62.7 Å². The van der Waals surface area contributed by atoms with Crippen molar-refractivity contribution in [3.8, 4) is 11.5 Å². The van der Waals surface area contributed by atoms with Crippen LogP contribution in [0.4, 0.5) is 0 Å². The van der Waals surface area contributed by atoms with E-state index in [9.17, 15) is 19.5 Å². The van der Waals surface area contributed by atoms with Crippen LogP contribution in [0.5, 0.6) is 11.5 Å². The molecule has 2 fully saturated rings. The maximum Gasteiger partial charge on any atom is 0.325 e. The number of para-hydroxylation sites is 1. The standard InChI is InChI=1S/C29H36N2O6/c1-7-17(2)29(27(34)35)22-21(25(32)31(26(22)33)28(3,4)5)23(30-29)19-14-11-15-20(36-6)24(19)37-16-18-12-9-8-10-13-18/h8-15,17,21-23,30H,7,16H2,1-6H3,(H,34,35). The number of amides is 2. The van der Waals surface area contributed by atoms with Crippen LogP contribution in [0, 0.1) is 17.8 Å². The van der Waals surface area contributed by atoms with Gasteiger partial charge < -0.3 is 14.6 Å². The molecule has 0 saturated carbocycles. The first-order valence-corrected chi connectivity index (χ1v) is 12.7. The summed E-state index contributed by atoms with van der Waals surface area (Å²) in [7, 11) is 1.53. The predicted octanol–water partition coefficient (Wildman–Crippen LogP) is 4.19. The molecule has 2 heterocycles. The van der Waals surface area contributed by atoms with E-state index in [4.69, 9.17) is 9.47 Å². The summed E-state index contributed by atoms with van der Waals surface area (Å²) < 4.78 is 11.9. The number of likely N-dealkylation sites (tertiary alicyclic amines) is 1. The van der Waals surface area contributed by atoms with Gasteiger partial charge >= 0.3 is 5.97 Å². The fraction of sp³-hybridized carbons (Fsp3) is 0.483. The minimum atomic E-state index is -1.61. The number of benzene rings is 2. The highest BCUT2D eigenvalue weighted by molar-refractivity contribution is 6.10. The molecule has 2 N–H and O–H groups in total. The van der Waals surface area contributed by atoms with Crippen molar-refractivity contribution in [2.24, 2.45) is 17.8 Å². The summed E-state index contributed by atoms with van der Waals surface area (Å²) in [5.74, 6) is -3.44. The van der Waals surface area contributed by atoms with Gasteiger partial charge in [0.15, 0.2) is 11.5 Å². The zero-order chi connectivity index (χ0) is 27.1. The van der Waals surface area contributed by atoms with Crippen LogP contribution in [-0.4, -0.2) is 46.0 Å². The number of fused-ring (bicyclic) bond motifs is 1. The van der Waals surface area contributed by atoms with Gasteiger partial charge in [0.25, 0.3) is 0 Å². The number of carboxylic acid groups (broad SMARTS) is 1. The summed E-state index contributed by atoms with van der Waals surface area (Å²) >= 11 is 0. The SMILES string of the molecule is CCC(C)C1(C(=O)O)NC(c2cccc(OC)c2OCc2ccccc2)C2C(=O)N(C(C)(C)C)C(=O)C21. The first-order chi connectivity index (χ1) is 17.5. The van der Waals surface area contributed by atoms with Gasteiger partial charge in [-0.25, -0.2) is 0 Å². The van der Waals surface area contributed by atoms with Gasteiger partial charge in [0.1, 0.15) is 12.1 Å². The number of aliphatic carboxylic acids is 1. The van der Waals surface area contributed by atoms with Crippen molar-refractivity contribution in [1.82, 2.24) is 10.2 Å². The Labute approximate surface area is 217 Å². The number of hydrogen-bond acceptors (Lipinski definition) is 6. The highest BCUT2D eigenvalue weighted by Crippen LogP contribution is 2.55. The highest BCUT2D eigenvalue weighted by Gasteiger charge is 2.71.